The molecule has 35 heavy (non-hydrogen) atoms. The minimum absolute atomic E-state index is 0.196. The number of nitrogens with zero attached hydrogens (tertiary/aromatic N) is 6. The van der Waals surface area contributed by atoms with E-state index in [2.05, 4.69) is 30.6 Å². The number of carbonyl (C=O) groups excluding carboxylic acids is 1. The van der Waals surface area contributed by atoms with Gasteiger partial charge in [-0.2, -0.15) is 10.2 Å². The maximum absolute atomic E-state index is 12.3. The summed E-state index contributed by atoms with van der Waals surface area (Å²) in [5, 5.41) is 15.1. The Hall–Kier alpha value is -4.56. The Balaban J connectivity index is 1.55. The fourth-order valence-corrected chi connectivity index (χ4v) is 3.31. The number of aryl methyl sites for hydroxylation is 2. The van der Waals surface area contributed by atoms with Crippen LogP contribution >= 0.6 is 0 Å². The number of hydrogen-bond acceptors (Lipinski definition) is 9. The van der Waals surface area contributed by atoms with Crippen LogP contribution in [0, 0.1) is 18.3 Å². The Bertz CT molecular complexity index is 1390. The number of nitriles is 1. The minimum Gasteiger partial charge on any atom is -0.437 e. The van der Waals surface area contributed by atoms with Gasteiger partial charge in [0.15, 0.2) is 11.4 Å². The summed E-state index contributed by atoms with van der Waals surface area (Å²) in [5.41, 5.74) is 3.40. The van der Waals surface area contributed by atoms with Gasteiger partial charge in [0.1, 0.15) is 23.1 Å². The highest BCUT2D eigenvalue weighted by molar-refractivity contribution is 5.94. The van der Waals surface area contributed by atoms with E-state index >= 15 is 0 Å². The molecule has 0 bridgehead atoms. The number of imidazole rings is 1. The summed E-state index contributed by atoms with van der Waals surface area (Å²) < 4.78 is 12.7. The smallest absolute Gasteiger partial charge is 0.252 e. The summed E-state index contributed by atoms with van der Waals surface area (Å²) in [7, 11) is 3.46. The molecule has 0 aromatic carbocycles. The zero-order valence-corrected chi connectivity index (χ0v) is 19.6. The molecule has 0 spiro atoms. The average molecular weight is 473 g/mol. The van der Waals surface area contributed by atoms with Crippen molar-refractivity contribution in [2.45, 2.75) is 13.3 Å². The number of pyridine rings is 3. The number of fused-ring (bicyclic) bond motifs is 1. The van der Waals surface area contributed by atoms with Crippen LogP contribution in [-0.4, -0.2) is 50.7 Å². The zero-order valence-electron chi connectivity index (χ0n) is 19.6. The number of carbonyl (C=O) groups is 1. The highest BCUT2D eigenvalue weighted by Gasteiger charge is 2.14. The Morgan fingerprint density at radius 1 is 1.20 bits per heavy atom. The van der Waals surface area contributed by atoms with Crippen molar-refractivity contribution in [1.29, 1.82) is 5.26 Å². The van der Waals surface area contributed by atoms with Gasteiger partial charge in [-0.3, -0.25) is 4.79 Å². The molecule has 11 heteroatoms. The minimum atomic E-state index is -0.196. The van der Waals surface area contributed by atoms with E-state index < -0.39 is 0 Å². The van der Waals surface area contributed by atoms with Crippen LogP contribution in [0.5, 0.6) is 11.6 Å². The summed E-state index contributed by atoms with van der Waals surface area (Å²) in [6, 6.07) is 8.78. The average Bonchev–Trinajstić information content (AvgIpc) is 3.24. The Kier molecular flexibility index (Phi) is 7.13. The van der Waals surface area contributed by atoms with Crippen molar-refractivity contribution in [2.75, 3.05) is 25.6 Å². The van der Waals surface area contributed by atoms with Crippen molar-refractivity contribution >= 4 is 28.6 Å². The van der Waals surface area contributed by atoms with Gasteiger partial charge in [0, 0.05) is 39.6 Å². The van der Waals surface area contributed by atoms with E-state index in [0.717, 1.165) is 12.0 Å². The first-order chi connectivity index (χ1) is 17.0. The van der Waals surface area contributed by atoms with Crippen LogP contribution in [-0.2, 0) is 11.8 Å². The van der Waals surface area contributed by atoms with Gasteiger partial charge in [0.25, 0.3) is 5.91 Å². The van der Waals surface area contributed by atoms with Crippen LogP contribution in [0.1, 0.15) is 28.0 Å². The first kappa shape index (κ1) is 23.6. The Morgan fingerprint density at radius 2 is 2.06 bits per heavy atom. The van der Waals surface area contributed by atoms with Crippen molar-refractivity contribution in [2.24, 2.45) is 7.05 Å². The lowest BCUT2D eigenvalue weighted by Crippen LogP contribution is -2.25. The summed E-state index contributed by atoms with van der Waals surface area (Å²) in [4.78, 5) is 29.7. The number of amides is 1. The van der Waals surface area contributed by atoms with Gasteiger partial charge in [-0.1, -0.05) is 0 Å². The first-order valence-electron chi connectivity index (χ1n) is 10.9. The molecular weight excluding hydrogens is 448 g/mol. The molecule has 0 aliphatic carbocycles. The molecule has 4 aromatic heterocycles. The summed E-state index contributed by atoms with van der Waals surface area (Å²) in [5.74, 6) is 1.15. The van der Waals surface area contributed by atoms with Gasteiger partial charge in [-0.25, -0.2) is 15.0 Å². The van der Waals surface area contributed by atoms with Crippen molar-refractivity contribution in [3.05, 3.63) is 59.8 Å². The number of anilines is 2. The Labute approximate surface area is 201 Å². The predicted molar refractivity (Wildman–Crippen MR) is 129 cm³/mol. The highest BCUT2D eigenvalue weighted by Crippen LogP contribution is 2.31. The molecule has 178 valence electrons. The molecule has 0 radical (unpaired) electrons. The molecule has 0 saturated heterocycles. The quantitative estimate of drug-likeness (QED) is 0.351. The van der Waals surface area contributed by atoms with E-state index in [-0.39, 0.29) is 5.91 Å². The van der Waals surface area contributed by atoms with Crippen LogP contribution < -0.4 is 15.4 Å². The molecular formula is C24H24N8O3. The zero-order chi connectivity index (χ0) is 24.8. The number of ether oxygens (including phenoxy) is 2. The predicted octanol–water partition coefficient (Wildman–Crippen LogP) is 3.24. The number of hydrogen-bond donors (Lipinski definition) is 2. The number of aromatic nitrogens is 5. The molecule has 0 aliphatic rings. The second kappa shape index (κ2) is 10.6. The second-order valence-electron chi connectivity index (χ2n) is 7.74. The third-order valence-electron chi connectivity index (χ3n) is 5.14. The molecule has 4 aromatic rings. The fraction of sp³-hybridized carbons (Fsp3) is 0.250. The number of rotatable bonds is 9. The molecule has 0 saturated carbocycles. The normalized spacial score (nSPS) is 10.7. The van der Waals surface area contributed by atoms with Crippen LogP contribution in [0.25, 0.3) is 11.2 Å². The summed E-state index contributed by atoms with van der Waals surface area (Å²) >= 11 is 0. The van der Waals surface area contributed by atoms with Crippen molar-refractivity contribution in [3.63, 3.8) is 0 Å². The first-order valence-corrected chi connectivity index (χ1v) is 10.9. The van der Waals surface area contributed by atoms with Crippen molar-refractivity contribution in [1.82, 2.24) is 29.8 Å². The maximum atomic E-state index is 12.3. The van der Waals surface area contributed by atoms with E-state index in [1.807, 2.05) is 20.0 Å². The van der Waals surface area contributed by atoms with E-state index in [1.54, 1.807) is 42.3 Å². The molecule has 2 N–H and O–H groups in total. The van der Waals surface area contributed by atoms with Crippen LogP contribution in [0.15, 0.2) is 43.0 Å². The lowest BCUT2D eigenvalue weighted by atomic mass is 10.2. The SMILES string of the molecule is COCCCNC(=O)c1ccc(Nc2cc(Oc3cnc(C#N)cc3C)nc3c2ncn3C)nc1. The lowest BCUT2D eigenvalue weighted by Gasteiger charge is -2.12. The number of nitrogens with one attached hydrogen (secondary N) is 2. The largest absolute Gasteiger partial charge is 0.437 e. The summed E-state index contributed by atoms with van der Waals surface area (Å²) in [6.45, 7) is 2.94. The van der Waals surface area contributed by atoms with Crippen molar-refractivity contribution in [3.8, 4) is 17.7 Å². The molecule has 1 amide bonds. The van der Waals surface area contributed by atoms with Crippen molar-refractivity contribution < 1.29 is 14.3 Å². The van der Waals surface area contributed by atoms with Crippen LogP contribution in [0.4, 0.5) is 11.5 Å². The second-order valence-corrected chi connectivity index (χ2v) is 7.74. The van der Waals surface area contributed by atoms with Gasteiger partial charge in [0.05, 0.1) is 23.8 Å². The summed E-state index contributed by atoms with van der Waals surface area (Å²) in [6.07, 6.45) is 5.40. The van der Waals surface area contributed by atoms with Gasteiger partial charge in [0.2, 0.25) is 5.88 Å². The maximum Gasteiger partial charge on any atom is 0.252 e. The fourth-order valence-electron chi connectivity index (χ4n) is 3.31. The van der Waals surface area contributed by atoms with Gasteiger partial charge >= 0.3 is 0 Å². The lowest BCUT2D eigenvalue weighted by molar-refractivity contribution is 0.0948. The van der Waals surface area contributed by atoms with E-state index in [1.165, 1.54) is 12.4 Å². The Morgan fingerprint density at radius 3 is 2.77 bits per heavy atom. The van der Waals surface area contributed by atoms with E-state index in [9.17, 15) is 4.79 Å². The molecule has 11 nitrogen and oxygen atoms in total. The molecule has 0 fully saturated rings. The molecule has 0 unspecified atom stereocenters. The molecule has 4 rings (SSSR count). The van der Waals surface area contributed by atoms with E-state index in [0.29, 0.717) is 58.7 Å². The molecule has 0 atom stereocenters. The standard InChI is InChI=1S/C24H24N8O3/c1-15-9-17(11-25)27-13-19(15)35-21-10-18(22-23(31-21)32(2)14-29-22)30-20-6-5-16(12-28-20)24(33)26-7-4-8-34-3/h5-6,9-10,12-14H,4,7-8H2,1-3H3,(H,26,33)(H,28,30,31). The third-order valence-corrected chi connectivity index (χ3v) is 5.14. The van der Waals surface area contributed by atoms with E-state index in [4.69, 9.17) is 14.7 Å². The highest BCUT2D eigenvalue weighted by atomic mass is 16.5. The topological polar surface area (TPSA) is 140 Å². The van der Waals surface area contributed by atoms with Crippen LogP contribution in [0.2, 0.25) is 0 Å². The van der Waals surface area contributed by atoms with Gasteiger partial charge in [-0.15, -0.1) is 0 Å². The molecule has 0 aliphatic heterocycles. The van der Waals surface area contributed by atoms with Gasteiger partial charge in [-0.05, 0) is 37.1 Å². The molecule has 4 heterocycles. The van der Waals surface area contributed by atoms with Crippen LogP contribution in [0.3, 0.4) is 0 Å². The van der Waals surface area contributed by atoms with Gasteiger partial charge < -0.3 is 24.7 Å². The third kappa shape index (κ3) is 5.51. The monoisotopic (exact) mass is 472 g/mol. The number of methoxy groups -OCH3 is 1.